The first-order valence-electron chi connectivity index (χ1n) is 9.54. The fourth-order valence-electron chi connectivity index (χ4n) is 4.01. The summed E-state index contributed by atoms with van der Waals surface area (Å²) in [6, 6.07) is 11.4. The number of aryl methyl sites for hydroxylation is 3. The van der Waals surface area contributed by atoms with E-state index in [4.69, 9.17) is 0 Å². The SMILES string of the molecule is Cc1ccc(S(=O)(=O)N2C[C@@H](O)C[C@H]2C(=O)Nc2ccc3c(c2)CCC3)cc1. The molecule has 1 aliphatic carbocycles. The number of fused-ring (bicyclic) bond motifs is 1. The molecule has 1 fully saturated rings. The molecule has 2 aromatic rings. The van der Waals surface area contributed by atoms with Crippen molar-refractivity contribution in [2.24, 2.45) is 0 Å². The van der Waals surface area contributed by atoms with Crippen LogP contribution in [0.1, 0.15) is 29.5 Å². The highest BCUT2D eigenvalue weighted by atomic mass is 32.2. The number of hydrogen-bond acceptors (Lipinski definition) is 4. The van der Waals surface area contributed by atoms with Crippen molar-refractivity contribution in [1.29, 1.82) is 0 Å². The molecule has 2 atom stereocenters. The highest BCUT2D eigenvalue weighted by Gasteiger charge is 2.43. The standard InChI is InChI=1S/C21H24N2O4S/c1-14-5-9-19(10-6-14)28(26,27)23-13-18(24)12-20(23)21(25)22-17-8-7-15-3-2-4-16(15)11-17/h5-11,18,20,24H,2-4,12-13H2,1H3,(H,22,25)/t18-,20-/m0/s1. The van der Waals surface area contributed by atoms with Crippen molar-refractivity contribution in [2.75, 3.05) is 11.9 Å². The molecular formula is C21H24N2O4S. The minimum atomic E-state index is -3.87. The number of carbonyl (C=O) groups is 1. The molecule has 0 saturated carbocycles. The number of hydrogen-bond donors (Lipinski definition) is 2. The molecule has 2 aromatic carbocycles. The summed E-state index contributed by atoms with van der Waals surface area (Å²) in [5.74, 6) is -0.412. The Morgan fingerprint density at radius 2 is 1.82 bits per heavy atom. The fourth-order valence-corrected chi connectivity index (χ4v) is 5.64. The molecule has 1 aliphatic heterocycles. The van der Waals surface area contributed by atoms with Crippen molar-refractivity contribution >= 4 is 21.6 Å². The highest BCUT2D eigenvalue weighted by Crippen LogP contribution is 2.29. The summed E-state index contributed by atoms with van der Waals surface area (Å²) in [6.07, 6.45) is 2.39. The van der Waals surface area contributed by atoms with Gasteiger partial charge >= 0.3 is 0 Å². The van der Waals surface area contributed by atoms with E-state index in [9.17, 15) is 18.3 Å². The van der Waals surface area contributed by atoms with Gasteiger partial charge in [0.1, 0.15) is 6.04 Å². The summed E-state index contributed by atoms with van der Waals surface area (Å²) in [6.45, 7) is 1.79. The van der Waals surface area contributed by atoms with Gasteiger partial charge in [0.2, 0.25) is 15.9 Å². The maximum atomic E-state index is 13.0. The van der Waals surface area contributed by atoms with Crippen LogP contribution in [0, 0.1) is 6.92 Å². The summed E-state index contributed by atoms with van der Waals surface area (Å²) >= 11 is 0. The van der Waals surface area contributed by atoms with Crippen LogP contribution in [0.3, 0.4) is 0 Å². The number of aliphatic hydroxyl groups excluding tert-OH is 1. The van der Waals surface area contributed by atoms with Crippen molar-refractivity contribution in [2.45, 2.75) is 49.6 Å². The van der Waals surface area contributed by atoms with E-state index in [1.54, 1.807) is 12.1 Å². The third kappa shape index (κ3) is 3.57. The number of sulfonamides is 1. The summed E-state index contributed by atoms with van der Waals surface area (Å²) in [4.78, 5) is 13.0. The number of anilines is 1. The minimum absolute atomic E-state index is 0.0848. The van der Waals surface area contributed by atoms with Gasteiger partial charge in [0.15, 0.2) is 0 Å². The largest absolute Gasteiger partial charge is 0.392 e. The summed E-state index contributed by atoms with van der Waals surface area (Å²) in [5, 5.41) is 12.9. The van der Waals surface area contributed by atoms with Crippen LogP contribution in [0.5, 0.6) is 0 Å². The Morgan fingerprint density at radius 3 is 2.57 bits per heavy atom. The quantitative estimate of drug-likeness (QED) is 0.824. The highest BCUT2D eigenvalue weighted by molar-refractivity contribution is 7.89. The van der Waals surface area contributed by atoms with E-state index in [-0.39, 0.29) is 17.9 Å². The van der Waals surface area contributed by atoms with Gasteiger partial charge in [-0.05, 0) is 61.6 Å². The molecule has 0 aromatic heterocycles. The Hall–Kier alpha value is -2.22. The molecule has 0 spiro atoms. The zero-order chi connectivity index (χ0) is 19.9. The second-order valence-electron chi connectivity index (χ2n) is 7.62. The van der Waals surface area contributed by atoms with E-state index in [1.165, 1.54) is 23.3 Å². The third-order valence-corrected chi connectivity index (χ3v) is 7.42. The molecule has 7 heteroatoms. The van der Waals surface area contributed by atoms with Crippen LogP contribution in [0.25, 0.3) is 0 Å². The summed E-state index contributed by atoms with van der Waals surface area (Å²) in [7, 11) is -3.87. The van der Waals surface area contributed by atoms with Gasteiger partial charge < -0.3 is 10.4 Å². The Balaban J connectivity index is 1.57. The van der Waals surface area contributed by atoms with Gasteiger partial charge in [-0.1, -0.05) is 23.8 Å². The molecular weight excluding hydrogens is 376 g/mol. The van der Waals surface area contributed by atoms with E-state index >= 15 is 0 Å². The second-order valence-corrected chi connectivity index (χ2v) is 9.51. The average molecular weight is 401 g/mol. The Morgan fingerprint density at radius 1 is 1.11 bits per heavy atom. The molecule has 28 heavy (non-hydrogen) atoms. The van der Waals surface area contributed by atoms with Crippen LogP contribution >= 0.6 is 0 Å². The fraction of sp³-hybridized carbons (Fsp3) is 0.381. The average Bonchev–Trinajstić information content (AvgIpc) is 3.28. The van der Waals surface area contributed by atoms with Gasteiger partial charge in [-0.15, -0.1) is 0 Å². The Bertz CT molecular complexity index is 1000. The van der Waals surface area contributed by atoms with E-state index in [2.05, 4.69) is 5.32 Å². The topological polar surface area (TPSA) is 86.7 Å². The number of benzene rings is 2. The second kappa shape index (κ2) is 7.31. The lowest BCUT2D eigenvalue weighted by Crippen LogP contribution is -2.43. The number of aliphatic hydroxyl groups is 1. The normalized spacial score (nSPS) is 22.2. The molecule has 2 aliphatic rings. The number of amides is 1. The lowest BCUT2D eigenvalue weighted by Gasteiger charge is -2.23. The lowest BCUT2D eigenvalue weighted by molar-refractivity contribution is -0.119. The van der Waals surface area contributed by atoms with E-state index in [0.29, 0.717) is 5.69 Å². The van der Waals surface area contributed by atoms with Crippen LogP contribution in [0.4, 0.5) is 5.69 Å². The Labute approximate surface area is 165 Å². The molecule has 148 valence electrons. The molecule has 2 N–H and O–H groups in total. The van der Waals surface area contributed by atoms with E-state index < -0.39 is 28.1 Å². The van der Waals surface area contributed by atoms with Crippen LogP contribution in [-0.4, -0.2) is 42.4 Å². The van der Waals surface area contributed by atoms with Gasteiger partial charge in [-0.2, -0.15) is 4.31 Å². The first-order chi connectivity index (χ1) is 13.3. The molecule has 4 rings (SSSR count). The third-order valence-electron chi connectivity index (χ3n) is 5.53. The number of rotatable bonds is 4. The summed E-state index contributed by atoms with van der Waals surface area (Å²) < 4.78 is 27.2. The first-order valence-corrected chi connectivity index (χ1v) is 11.0. The van der Waals surface area contributed by atoms with Gasteiger partial charge in [-0.3, -0.25) is 4.79 Å². The zero-order valence-electron chi connectivity index (χ0n) is 15.8. The van der Waals surface area contributed by atoms with Crippen LogP contribution < -0.4 is 5.32 Å². The number of β-amino-alcohol motifs (C(OH)–C–C–N with tert-alkyl or cyclic N) is 1. The van der Waals surface area contributed by atoms with Crippen molar-refractivity contribution in [3.8, 4) is 0 Å². The first kappa shape index (κ1) is 19.1. The summed E-state index contributed by atoms with van der Waals surface area (Å²) in [5.41, 5.74) is 4.15. The zero-order valence-corrected chi connectivity index (χ0v) is 16.6. The van der Waals surface area contributed by atoms with Crippen LogP contribution in [0.2, 0.25) is 0 Å². The monoisotopic (exact) mass is 400 g/mol. The van der Waals surface area contributed by atoms with Crippen molar-refractivity contribution < 1.29 is 18.3 Å². The van der Waals surface area contributed by atoms with Gasteiger partial charge in [0.25, 0.3) is 0 Å². The van der Waals surface area contributed by atoms with Crippen molar-refractivity contribution in [3.05, 3.63) is 59.2 Å². The van der Waals surface area contributed by atoms with E-state index in [0.717, 1.165) is 29.1 Å². The molecule has 6 nitrogen and oxygen atoms in total. The molecule has 0 bridgehead atoms. The van der Waals surface area contributed by atoms with Crippen molar-refractivity contribution in [1.82, 2.24) is 4.31 Å². The van der Waals surface area contributed by atoms with Gasteiger partial charge in [0.05, 0.1) is 11.0 Å². The molecule has 0 unspecified atom stereocenters. The predicted molar refractivity (Wildman–Crippen MR) is 107 cm³/mol. The Kier molecular flexibility index (Phi) is 4.99. The van der Waals surface area contributed by atoms with Gasteiger partial charge in [-0.25, -0.2) is 8.42 Å². The molecule has 1 heterocycles. The maximum Gasteiger partial charge on any atom is 0.243 e. The van der Waals surface area contributed by atoms with Crippen LogP contribution in [-0.2, 0) is 27.7 Å². The number of carbonyl (C=O) groups excluding carboxylic acids is 1. The predicted octanol–water partition coefficient (Wildman–Crippen LogP) is 2.25. The minimum Gasteiger partial charge on any atom is -0.392 e. The maximum absolute atomic E-state index is 13.0. The van der Waals surface area contributed by atoms with Gasteiger partial charge in [0, 0.05) is 18.7 Å². The van der Waals surface area contributed by atoms with Crippen molar-refractivity contribution in [3.63, 3.8) is 0 Å². The number of nitrogens with zero attached hydrogens (tertiary/aromatic N) is 1. The molecule has 0 radical (unpaired) electrons. The molecule has 1 amide bonds. The lowest BCUT2D eigenvalue weighted by atomic mass is 10.1. The number of nitrogens with one attached hydrogen (secondary N) is 1. The van der Waals surface area contributed by atoms with Crippen LogP contribution in [0.15, 0.2) is 47.4 Å². The molecule has 1 saturated heterocycles. The van der Waals surface area contributed by atoms with E-state index in [1.807, 2.05) is 25.1 Å². The smallest absolute Gasteiger partial charge is 0.243 e.